The highest BCUT2D eigenvalue weighted by atomic mass is 16.5. The number of rotatable bonds is 9. The number of pyridine rings is 1. The van der Waals surface area contributed by atoms with Crippen LogP contribution in [0.5, 0.6) is 23.0 Å². The van der Waals surface area contributed by atoms with Crippen molar-refractivity contribution in [2.24, 2.45) is 0 Å². The van der Waals surface area contributed by atoms with Gasteiger partial charge < -0.3 is 34.4 Å². The third kappa shape index (κ3) is 4.44. The number of aryl methyl sites for hydroxylation is 1. The maximum absolute atomic E-state index is 11.6. The zero-order chi connectivity index (χ0) is 27.7. The number of aromatic nitrogens is 1. The topological polar surface area (TPSA) is 70.3 Å². The van der Waals surface area contributed by atoms with Crippen LogP contribution in [0.2, 0.25) is 0 Å². The lowest BCUT2D eigenvalue weighted by molar-refractivity contribution is -0.645. The molecule has 8 heteroatoms. The zero-order valence-electron chi connectivity index (χ0n) is 23.9. The van der Waals surface area contributed by atoms with Crippen LogP contribution < -0.4 is 33.9 Å². The van der Waals surface area contributed by atoms with E-state index in [4.69, 9.17) is 14.2 Å². The van der Waals surface area contributed by atoms with Gasteiger partial charge in [-0.25, -0.2) is 0 Å². The van der Waals surface area contributed by atoms with Gasteiger partial charge in [-0.3, -0.25) is 0 Å². The number of nitrogens with zero attached hydrogens (tertiary/aromatic N) is 3. The van der Waals surface area contributed by atoms with Gasteiger partial charge in [0.1, 0.15) is 29.5 Å². The number of benzene rings is 3. The molecule has 0 saturated heterocycles. The highest BCUT2D eigenvalue weighted by Gasteiger charge is 2.31. The Morgan fingerprint density at radius 3 is 1.79 bits per heavy atom. The second-order valence-electron chi connectivity index (χ2n) is 9.72. The van der Waals surface area contributed by atoms with Crippen LogP contribution in [-0.4, -0.2) is 61.7 Å². The molecule has 3 aromatic carbocycles. The lowest BCUT2D eigenvalue weighted by atomic mass is 9.92. The van der Waals surface area contributed by atoms with E-state index >= 15 is 0 Å². The molecule has 0 bridgehead atoms. The minimum atomic E-state index is 0.113. The quantitative estimate of drug-likeness (QED) is 0.231. The van der Waals surface area contributed by atoms with Crippen LogP contribution in [0.1, 0.15) is 13.3 Å². The van der Waals surface area contributed by atoms with Gasteiger partial charge in [0, 0.05) is 101 Å². The molecule has 0 spiro atoms. The molecular weight excluding hydrogens is 480 g/mol. The molecule has 0 atom stereocenters. The van der Waals surface area contributed by atoms with Crippen LogP contribution in [0.25, 0.3) is 32.9 Å². The molecule has 38 heavy (non-hydrogen) atoms. The molecule has 8 nitrogen and oxygen atoms in total. The summed E-state index contributed by atoms with van der Waals surface area (Å²) >= 11 is 0. The van der Waals surface area contributed by atoms with Crippen molar-refractivity contribution in [2.75, 3.05) is 71.7 Å². The Labute approximate surface area is 225 Å². The molecule has 2 N–H and O–H groups in total. The summed E-state index contributed by atoms with van der Waals surface area (Å²) in [6.07, 6.45) is 0.931. The van der Waals surface area contributed by atoms with Crippen LogP contribution in [0, 0.1) is 0 Å². The van der Waals surface area contributed by atoms with Crippen molar-refractivity contribution in [2.45, 2.75) is 19.9 Å². The first-order chi connectivity index (χ1) is 18.2. The first-order valence-corrected chi connectivity index (χ1v) is 12.7. The van der Waals surface area contributed by atoms with Gasteiger partial charge in [0.05, 0.1) is 37.7 Å². The van der Waals surface area contributed by atoms with Gasteiger partial charge in [-0.2, -0.15) is 4.57 Å². The summed E-state index contributed by atoms with van der Waals surface area (Å²) in [6, 6.07) is 12.0. The molecule has 0 radical (unpaired) electrons. The van der Waals surface area contributed by atoms with E-state index < -0.39 is 0 Å². The molecule has 1 aromatic heterocycles. The summed E-state index contributed by atoms with van der Waals surface area (Å²) in [6.45, 7) is 2.95. The van der Waals surface area contributed by atoms with Crippen molar-refractivity contribution in [3.63, 3.8) is 0 Å². The average molecular weight is 520 g/mol. The molecule has 0 aliphatic rings. The van der Waals surface area contributed by atoms with E-state index in [1.54, 1.807) is 27.4 Å². The molecule has 1 heterocycles. The van der Waals surface area contributed by atoms with Crippen molar-refractivity contribution in [3.05, 3.63) is 36.4 Å². The van der Waals surface area contributed by atoms with Crippen LogP contribution in [-0.2, 0) is 6.54 Å². The maximum Gasteiger partial charge on any atom is 0.219 e. The summed E-state index contributed by atoms with van der Waals surface area (Å²) in [5.41, 5.74) is 6.13. The first kappa shape index (κ1) is 27.0. The van der Waals surface area contributed by atoms with E-state index in [1.807, 2.05) is 58.3 Å². The predicted molar refractivity (Wildman–Crippen MR) is 157 cm³/mol. The number of anilines is 3. The molecule has 4 aromatic rings. The van der Waals surface area contributed by atoms with Crippen molar-refractivity contribution in [3.8, 4) is 34.1 Å². The fraction of sp³-hybridized carbons (Fsp3) is 0.367. The normalized spacial score (nSPS) is 11.1. The summed E-state index contributed by atoms with van der Waals surface area (Å²) < 4.78 is 20.2. The lowest BCUT2D eigenvalue weighted by Crippen LogP contribution is -2.36. The number of hydrogen-bond acceptors (Lipinski definition) is 7. The van der Waals surface area contributed by atoms with Crippen LogP contribution in [0.15, 0.2) is 36.4 Å². The number of ether oxygens (including phenoxy) is 3. The lowest BCUT2D eigenvalue weighted by Gasteiger charge is -2.22. The third-order valence-electron chi connectivity index (χ3n) is 6.97. The highest BCUT2D eigenvalue weighted by molar-refractivity contribution is 6.15. The zero-order valence-corrected chi connectivity index (χ0v) is 23.9. The van der Waals surface area contributed by atoms with Crippen LogP contribution in [0.4, 0.5) is 17.1 Å². The van der Waals surface area contributed by atoms with E-state index in [0.717, 1.165) is 57.4 Å². The Kier molecular flexibility index (Phi) is 7.62. The van der Waals surface area contributed by atoms with Crippen molar-refractivity contribution < 1.29 is 23.9 Å². The summed E-state index contributed by atoms with van der Waals surface area (Å²) in [7, 11) is 14.8. The number of phenols is 1. The summed E-state index contributed by atoms with van der Waals surface area (Å²) in [4.78, 5) is 4.00. The van der Waals surface area contributed by atoms with Gasteiger partial charge in [0.25, 0.3) is 0 Å². The van der Waals surface area contributed by atoms with E-state index in [2.05, 4.69) is 33.8 Å². The highest BCUT2D eigenvalue weighted by Crippen LogP contribution is 2.51. The van der Waals surface area contributed by atoms with E-state index in [-0.39, 0.29) is 5.75 Å². The number of aromatic hydroxyl groups is 1. The first-order valence-electron chi connectivity index (χ1n) is 12.7. The van der Waals surface area contributed by atoms with Gasteiger partial charge in [0.2, 0.25) is 11.0 Å². The summed E-state index contributed by atoms with van der Waals surface area (Å²) in [5, 5.41) is 16.6. The molecule has 0 aliphatic heterocycles. The number of methoxy groups -OCH3 is 3. The fourth-order valence-corrected chi connectivity index (χ4v) is 5.07. The number of nitrogens with one attached hydrogen (secondary N) is 1. The van der Waals surface area contributed by atoms with Gasteiger partial charge >= 0.3 is 0 Å². The van der Waals surface area contributed by atoms with Gasteiger partial charge in [0.15, 0.2) is 0 Å². The monoisotopic (exact) mass is 519 g/mol. The standard InChI is InChI=1S/C30H38N4O4/c1-10-11-34-21-12-18(31-2)13-24(36-7)27(21)30(28-22(34)14-19(32(3)4)16-25(28)37-8)29-23(35)15-20(33(5)6)17-26(29)38-9/h12-17H,10-11H2,1-9H3,(H,31,35)/p+1. The minimum absolute atomic E-state index is 0.113. The van der Waals surface area contributed by atoms with Gasteiger partial charge in [-0.15, -0.1) is 0 Å². The third-order valence-corrected chi connectivity index (χ3v) is 6.97. The van der Waals surface area contributed by atoms with Crippen molar-refractivity contribution >= 4 is 38.9 Å². The number of fused-ring (bicyclic) bond motifs is 2. The van der Waals surface area contributed by atoms with Crippen molar-refractivity contribution in [1.29, 1.82) is 0 Å². The molecular formula is C30H39N4O4+. The Bertz CT molecular complexity index is 1500. The van der Waals surface area contributed by atoms with E-state index in [9.17, 15) is 5.11 Å². The molecule has 0 aliphatic carbocycles. The van der Waals surface area contributed by atoms with Gasteiger partial charge in [-0.1, -0.05) is 6.92 Å². The van der Waals surface area contributed by atoms with Gasteiger partial charge in [-0.05, 0) is 0 Å². The van der Waals surface area contributed by atoms with E-state index in [1.165, 1.54) is 0 Å². The second kappa shape index (κ2) is 10.7. The SMILES string of the molecule is CCC[n+]1c2cc(NC)cc(OC)c2c(-c2c(O)cc(N(C)C)cc2OC)c2c(OC)cc(N(C)C)cc21. The second-order valence-corrected chi connectivity index (χ2v) is 9.72. The largest absolute Gasteiger partial charge is 0.507 e. The number of hydrogen-bond donors (Lipinski definition) is 2. The van der Waals surface area contributed by atoms with E-state index in [0.29, 0.717) is 22.8 Å². The Hall–Kier alpha value is -4.07. The smallest absolute Gasteiger partial charge is 0.219 e. The average Bonchev–Trinajstić information content (AvgIpc) is 2.91. The number of phenolic OH excluding ortho intramolecular Hbond substituents is 1. The maximum atomic E-state index is 11.6. The van der Waals surface area contributed by atoms with Crippen LogP contribution >= 0.6 is 0 Å². The molecule has 202 valence electrons. The molecule has 0 saturated carbocycles. The van der Waals surface area contributed by atoms with Crippen molar-refractivity contribution in [1.82, 2.24) is 0 Å². The summed E-state index contributed by atoms with van der Waals surface area (Å²) in [5.74, 6) is 2.06. The Morgan fingerprint density at radius 2 is 1.26 bits per heavy atom. The van der Waals surface area contributed by atoms with Crippen LogP contribution in [0.3, 0.4) is 0 Å². The Morgan fingerprint density at radius 1 is 0.737 bits per heavy atom. The Balaban J connectivity index is 2.38. The molecule has 0 unspecified atom stereocenters. The molecule has 4 rings (SSSR count). The molecule has 0 amide bonds. The minimum Gasteiger partial charge on any atom is -0.507 e. The molecule has 0 fully saturated rings. The predicted octanol–water partition coefficient (Wildman–Crippen LogP) is 5.26. The fourth-order valence-electron chi connectivity index (χ4n) is 5.07.